The summed E-state index contributed by atoms with van der Waals surface area (Å²) in [6.07, 6.45) is 5.97. The molecule has 0 spiro atoms. The molecule has 4 heteroatoms. The molecule has 1 aliphatic carbocycles. The number of hydrogen-bond acceptors (Lipinski definition) is 3. The van der Waals surface area contributed by atoms with Gasteiger partial charge >= 0.3 is 0 Å². The molecule has 1 aromatic rings. The Balaban J connectivity index is 1.90. The molecule has 0 bridgehead atoms. The Bertz CT molecular complexity index is 494. The van der Waals surface area contributed by atoms with Gasteiger partial charge in [-0.05, 0) is 49.8 Å². The predicted molar refractivity (Wildman–Crippen MR) is 88.1 cm³/mol. The van der Waals surface area contributed by atoms with E-state index >= 15 is 0 Å². The van der Waals surface area contributed by atoms with Crippen molar-refractivity contribution in [3.63, 3.8) is 0 Å². The quantitative estimate of drug-likeness (QED) is 0.926. The first-order chi connectivity index (χ1) is 10.2. The third-order valence-corrected chi connectivity index (χ3v) is 5.08. The topological polar surface area (TPSA) is 38.5 Å². The number of anilines is 1. The normalized spacial score (nSPS) is 26.7. The van der Waals surface area contributed by atoms with Crippen molar-refractivity contribution in [1.82, 2.24) is 0 Å². The lowest BCUT2D eigenvalue weighted by Gasteiger charge is -2.40. The van der Waals surface area contributed by atoms with E-state index in [-0.39, 0.29) is 6.04 Å². The van der Waals surface area contributed by atoms with Crippen LogP contribution in [0.15, 0.2) is 18.2 Å². The van der Waals surface area contributed by atoms with E-state index in [1.54, 1.807) is 0 Å². The third kappa shape index (κ3) is 3.20. The molecule has 1 aromatic carbocycles. The first-order valence-electron chi connectivity index (χ1n) is 8.11. The highest BCUT2D eigenvalue weighted by Gasteiger charge is 2.36. The van der Waals surface area contributed by atoms with Gasteiger partial charge in [0.25, 0.3) is 0 Å². The standard InChI is InChI=1S/C17H25ClN2O/c1-2-14(19)10-12-6-7-13(18)11-16(12)20-8-9-21-17-5-3-4-15(17)20/h6-7,11,14-15,17H,2-5,8-10,19H2,1H3. The molecule has 3 unspecified atom stereocenters. The fourth-order valence-electron chi connectivity index (χ4n) is 3.63. The Hall–Kier alpha value is -0.770. The van der Waals surface area contributed by atoms with Crippen LogP contribution in [-0.4, -0.2) is 31.3 Å². The van der Waals surface area contributed by atoms with Crippen LogP contribution in [0, 0.1) is 0 Å². The average Bonchev–Trinajstić information content (AvgIpc) is 2.97. The Morgan fingerprint density at radius 2 is 2.29 bits per heavy atom. The van der Waals surface area contributed by atoms with E-state index in [4.69, 9.17) is 22.1 Å². The lowest BCUT2D eigenvalue weighted by molar-refractivity contribution is 0.0256. The lowest BCUT2D eigenvalue weighted by atomic mass is 10.00. The monoisotopic (exact) mass is 308 g/mol. The molecule has 1 heterocycles. The van der Waals surface area contributed by atoms with Crippen LogP contribution in [0.3, 0.4) is 0 Å². The summed E-state index contributed by atoms with van der Waals surface area (Å²) < 4.78 is 5.93. The van der Waals surface area contributed by atoms with Crippen LogP contribution in [0.4, 0.5) is 5.69 Å². The molecule has 2 fully saturated rings. The van der Waals surface area contributed by atoms with Crippen LogP contribution in [0.5, 0.6) is 0 Å². The molecule has 0 aromatic heterocycles. The number of nitrogens with two attached hydrogens (primary N) is 1. The minimum absolute atomic E-state index is 0.213. The third-order valence-electron chi connectivity index (χ3n) is 4.85. The fraction of sp³-hybridized carbons (Fsp3) is 0.647. The minimum atomic E-state index is 0.213. The van der Waals surface area contributed by atoms with Crippen molar-refractivity contribution in [2.24, 2.45) is 5.73 Å². The summed E-state index contributed by atoms with van der Waals surface area (Å²) in [5.74, 6) is 0. The maximum Gasteiger partial charge on any atom is 0.0779 e. The van der Waals surface area contributed by atoms with Gasteiger partial charge in [0, 0.05) is 23.3 Å². The van der Waals surface area contributed by atoms with Crippen molar-refractivity contribution in [2.75, 3.05) is 18.1 Å². The first-order valence-corrected chi connectivity index (χ1v) is 8.49. The van der Waals surface area contributed by atoms with Gasteiger partial charge in [0.05, 0.1) is 18.8 Å². The molecule has 0 amide bonds. The molecule has 3 rings (SSSR count). The minimum Gasteiger partial charge on any atom is -0.374 e. The number of hydrogen-bond donors (Lipinski definition) is 1. The van der Waals surface area contributed by atoms with Gasteiger partial charge < -0.3 is 15.4 Å². The van der Waals surface area contributed by atoms with Gasteiger partial charge in [-0.1, -0.05) is 24.6 Å². The van der Waals surface area contributed by atoms with Gasteiger partial charge in [-0.2, -0.15) is 0 Å². The van der Waals surface area contributed by atoms with Crippen molar-refractivity contribution in [3.8, 4) is 0 Å². The Morgan fingerprint density at radius 3 is 3.10 bits per heavy atom. The van der Waals surface area contributed by atoms with Crippen LogP contribution < -0.4 is 10.6 Å². The number of morpholine rings is 1. The van der Waals surface area contributed by atoms with Crippen molar-refractivity contribution in [1.29, 1.82) is 0 Å². The lowest BCUT2D eigenvalue weighted by Crippen LogP contribution is -2.49. The van der Waals surface area contributed by atoms with Crippen molar-refractivity contribution in [2.45, 2.75) is 57.2 Å². The Morgan fingerprint density at radius 1 is 1.43 bits per heavy atom. The number of fused-ring (bicyclic) bond motifs is 1. The van der Waals surface area contributed by atoms with Gasteiger partial charge in [0.2, 0.25) is 0 Å². The summed E-state index contributed by atoms with van der Waals surface area (Å²) in [6.45, 7) is 3.91. The molecule has 21 heavy (non-hydrogen) atoms. The van der Waals surface area contributed by atoms with E-state index in [1.807, 2.05) is 6.07 Å². The van der Waals surface area contributed by atoms with Crippen molar-refractivity contribution >= 4 is 17.3 Å². The molecule has 1 aliphatic heterocycles. The molecular weight excluding hydrogens is 284 g/mol. The maximum atomic E-state index is 6.26. The zero-order chi connectivity index (χ0) is 14.8. The highest BCUT2D eigenvalue weighted by atomic mass is 35.5. The van der Waals surface area contributed by atoms with E-state index in [0.29, 0.717) is 12.1 Å². The van der Waals surface area contributed by atoms with Gasteiger partial charge in [0.15, 0.2) is 0 Å². The summed E-state index contributed by atoms with van der Waals surface area (Å²) >= 11 is 6.26. The summed E-state index contributed by atoms with van der Waals surface area (Å²) in [4.78, 5) is 2.52. The van der Waals surface area contributed by atoms with Crippen LogP contribution in [0.25, 0.3) is 0 Å². The Kier molecular flexibility index (Phi) is 4.72. The zero-order valence-corrected chi connectivity index (χ0v) is 13.5. The van der Waals surface area contributed by atoms with Crippen molar-refractivity contribution < 1.29 is 4.74 Å². The Labute approximate surface area is 132 Å². The summed E-state index contributed by atoms with van der Waals surface area (Å²) in [5.41, 5.74) is 8.76. The van der Waals surface area contributed by atoms with Gasteiger partial charge in [-0.3, -0.25) is 0 Å². The molecule has 116 valence electrons. The van der Waals surface area contributed by atoms with E-state index in [1.165, 1.54) is 30.5 Å². The van der Waals surface area contributed by atoms with E-state index < -0.39 is 0 Å². The smallest absolute Gasteiger partial charge is 0.0779 e. The van der Waals surface area contributed by atoms with E-state index in [0.717, 1.165) is 31.0 Å². The van der Waals surface area contributed by atoms with Crippen molar-refractivity contribution in [3.05, 3.63) is 28.8 Å². The zero-order valence-electron chi connectivity index (χ0n) is 12.7. The molecule has 2 N–H and O–H groups in total. The van der Waals surface area contributed by atoms with Gasteiger partial charge in [-0.15, -0.1) is 0 Å². The van der Waals surface area contributed by atoms with Crippen LogP contribution in [0.2, 0.25) is 5.02 Å². The highest BCUT2D eigenvalue weighted by molar-refractivity contribution is 6.30. The molecule has 2 aliphatic rings. The molecule has 1 saturated heterocycles. The highest BCUT2D eigenvalue weighted by Crippen LogP contribution is 2.36. The van der Waals surface area contributed by atoms with Gasteiger partial charge in [0.1, 0.15) is 0 Å². The fourth-order valence-corrected chi connectivity index (χ4v) is 3.79. The van der Waals surface area contributed by atoms with Crippen LogP contribution in [0.1, 0.15) is 38.2 Å². The summed E-state index contributed by atoms with van der Waals surface area (Å²) in [6, 6.07) is 6.96. The number of rotatable bonds is 4. The summed E-state index contributed by atoms with van der Waals surface area (Å²) in [7, 11) is 0. The van der Waals surface area contributed by atoms with Crippen LogP contribution in [-0.2, 0) is 11.2 Å². The molecule has 3 atom stereocenters. The maximum absolute atomic E-state index is 6.26. The molecular formula is C17H25ClN2O. The second-order valence-corrected chi connectivity index (χ2v) is 6.68. The van der Waals surface area contributed by atoms with E-state index in [9.17, 15) is 0 Å². The number of benzene rings is 1. The SMILES string of the molecule is CCC(N)Cc1ccc(Cl)cc1N1CCOC2CCCC21. The molecule has 3 nitrogen and oxygen atoms in total. The largest absolute Gasteiger partial charge is 0.374 e. The second-order valence-electron chi connectivity index (χ2n) is 6.25. The first kappa shape index (κ1) is 15.1. The van der Waals surface area contributed by atoms with Gasteiger partial charge in [-0.25, -0.2) is 0 Å². The predicted octanol–water partition coefficient (Wildman–Crippen LogP) is 3.38. The number of nitrogens with zero attached hydrogens (tertiary/aromatic N) is 1. The number of ether oxygens (including phenoxy) is 1. The molecule has 1 saturated carbocycles. The average molecular weight is 309 g/mol. The summed E-state index contributed by atoms with van der Waals surface area (Å²) in [5, 5.41) is 0.805. The second kappa shape index (κ2) is 6.55. The van der Waals surface area contributed by atoms with E-state index in [2.05, 4.69) is 24.0 Å². The molecule has 0 radical (unpaired) electrons. The number of halogens is 1. The van der Waals surface area contributed by atoms with Crippen LogP contribution >= 0.6 is 11.6 Å².